The fourth-order valence-corrected chi connectivity index (χ4v) is 1.77. The fraction of sp³-hybridized carbons (Fsp3) is 0.545. The molecule has 0 aromatic carbocycles. The second kappa shape index (κ2) is 3.56. The van der Waals surface area contributed by atoms with Crippen molar-refractivity contribution in [1.82, 2.24) is 4.98 Å². The maximum atomic E-state index is 13.2. The number of nitrogens with zero attached hydrogens (tertiary/aromatic N) is 1. The number of aromatic nitrogens is 1. The number of hydrogen-bond donors (Lipinski definition) is 1. The van der Waals surface area contributed by atoms with Gasteiger partial charge in [0.2, 0.25) is 0 Å². The molecule has 14 heavy (non-hydrogen) atoms. The van der Waals surface area contributed by atoms with E-state index in [1.54, 1.807) is 12.3 Å². The van der Waals surface area contributed by atoms with E-state index in [-0.39, 0.29) is 5.82 Å². The third-order valence-corrected chi connectivity index (χ3v) is 3.00. The second-order valence-corrected chi connectivity index (χ2v) is 4.35. The molecule has 1 N–H and O–H groups in total. The summed E-state index contributed by atoms with van der Waals surface area (Å²) in [5.41, 5.74) is 0.351. The van der Waals surface area contributed by atoms with Gasteiger partial charge in [0.25, 0.3) is 0 Å². The standard InChI is InChI=1S/C11H15FN2/c1-11(5-3-6-11)8-14-10-9(12)4-2-7-13-10/h2,4,7H,3,5-6,8H2,1H3,(H,13,14). The van der Waals surface area contributed by atoms with E-state index in [9.17, 15) is 4.39 Å². The highest BCUT2D eigenvalue weighted by atomic mass is 19.1. The first-order valence-corrected chi connectivity index (χ1v) is 5.04. The van der Waals surface area contributed by atoms with Crippen LogP contribution in [0.3, 0.4) is 0 Å². The van der Waals surface area contributed by atoms with Crippen molar-refractivity contribution in [1.29, 1.82) is 0 Å². The number of hydrogen-bond acceptors (Lipinski definition) is 2. The molecular formula is C11H15FN2. The van der Waals surface area contributed by atoms with Crippen molar-refractivity contribution >= 4 is 5.82 Å². The van der Waals surface area contributed by atoms with Crippen LogP contribution in [0.2, 0.25) is 0 Å². The minimum Gasteiger partial charge on any atom is -0.367 e. The highest BCUT2D eigenvalue weighted by Crippen LogP contribution is 2.40. The topological polar surface area (TPSA) is 24.9 Å². The van der Waals surface area contributed by atoms with E-state index in [1.807, 2.05) is 0 Å². The molecule has 0 spiro atoms. The van der Waals surface area contributed by atoms with Crippen LogP contribution in [0.15, 0.2) is 18.3 Å². The van der Waals surface area contributed by atoms with Crippen molar-refractivity contribution in [2.24, 2.45) is 5.41 Å². The Balaban J connectivity index is 1.95. The summed E-state index contributed by atoms with van der Waals surface area (Å²) in [5, 5.41) is 3.07. The van der Waals surface area contributed by atoms with E-state index >= 15 is 0 Å². The minimum atomic E-state index is -0.268. The Morgan fingerprint density at radius 2 is 2.36 bits per heavy atom. The largest absolute Gasteiger partial charge is 0.367 e. The first-order valence-electron chi connectivity index (χ1n) is 5.04. The van der Waals surface area contributed by atoms with Gasteiger partial charge in [-0.15, -0.1) is 0 Å². The zero-order valence-corrected chi connectivity index (χ0v) is 8.39. The smallest absolute Gasteiger partial charge is 0.165 e. The molecule has 1 aliphatic rings. The second-order valence-electron chi connectivity index (χ2n) is 4.35. The van der Waals surface area contributed by atoms with E-state index < -0.39 is 0 Å². The minimum absolute atomic E-state index is 0.268. The van der Waals surface area contributed by atoms with Crippen molar-refractivity contribution in [3.63, 3.8) is 0 Å². The van der Waals surface area contributed by atoms with Gasteiger partial charge in [-0.3, -0.25) is 0 Å². The maximum absolute atomic E-state index is 13.2. The summed E-state index contributed by atoms with van der Waals surface area (Å²) in [6.45, 7) is 3.05. The highest BCUT2D eigenvalue weighted by molar-refractivity contribution is 5.35. The van der Waals surface area contributed by atoms with Crippen LogP contribution in [0.25, 0.3) is 0 Å². The van der Waals surface area contributed by atoms with Crippen LogP contribution in [0.4, 0.5) is 10.2 Å². The van der Waals surface area contributed by atoms with Crippen LogP contribution in [0, 0.1) is 11.2 Å². The molecule has 1 aromatic rings. The predicted octanol–water partition coefficient (Wildman–Crippen LogP) is 2.82. The van der Waals surface area contributed by atoms with E-state index in [4.69, 9.17) is 0 Å². The molecule has 0 bridgehead atoms. The molecule has 1 heterocycles. The van der Waals surface area contributed by atoms with E-state index in [0.717, 1.165) is 6.54 Å². The Bertz CT molecular complexity index is 321. The molecule has 1 saturated carbocycles. The molecule has 3 heteroatoms. The lowest BCUT2D eigenvalue weighted by Gasteiger charge is -2.38. The molecule has 1 aliphatic carbocycles. The van der Waals surface area contributed by atoms with Crippen LogP contribution in [-0.4, -0.2) is 11.5 Å². The molecule has 0 unspecified atom stereocenters. The lowest BCUT2D eigenvalue weighted by Crippen LogP contribution is -2.33. The molecule has 0 amide bonds. The van der Waals surface area contributed by atoms with Gasteiger partial charge in [-0.05, 0) is 30.4 Å². The van der Waals surface area contributed by atoms with Crippen LogP contribution in [0.1, 0.15) is 26.2 Å². The van der Waals surface area contributed by atoms with Crippen LogP contribution >= 0.6 is 0 Å². The van der Waals surface area contributed by atoms with Crippen LogP contribution in [-0.2, 0) is 0 Å². The Kier molecular flexibility index (Phi) is 2.40. The lowest BCUT2D eigenvalue weighted by atomic mass is 9.70. The number of halogens is 1. The van der Waals surface area contributed by atoms with E-state index in [2.05, 4.69) is 17.2 Å². The summed E-state index contributed by atoms with van der Waals surface area (Å²) < 4.78 is 13.2. The van der Waals surface area contributed by atoms with Gasteiger partial charge in [0.05, 0.1) is 0 Å². The molecule has 1 aromatic heterocycles. The first kappa shape index (κ1) is 9.44. The average molecular weight is 194 g/mol. The predicted molar refractivity (Wildman–Crippen MR) is 54.6 cm³/mol. The summed E-state index contributed by atoms with van der Waals surface area (Å²) in [5.74, 6) is 0.107. The molecule has 2 nitrogen and oxygen atoms in total. The number of pyridine rings is 1. The summed E-state index contributed by atoms with van der Waals surface area (Å²) in [7, 11) is 0. The molecule has 0 atom stereocenters. The monoisotopic (exact) mass is 194 g/mol. The molecule has 0 radical (unpaired) electrons. The first-order chi connectivity index (χ1) is 6.70. The van der Waals surface area contributed by atoms with Gasteiger partial charge < -0.3 is 5.32 Å². The average Bonchev–Trinajstić information content (AvgIpc) is 2.14. The number of rotatable bonds is 3. The third kappa shape index (κ3) is 1.86. The molecule has 0 aliphatic heterocycles. The Morgan fingerprint density at radius 1 is 1.57 bits per heavy atom. The van der Waals surface area contributed by atoms with E-state index in [0.29, 0.717) is 11.2 Å². The van der Waals surface area contributed by atoms with Gasteiger partial charge in [0.1, 0.15) is 0 Å². The summed E-state index contributed by atoms with van der Waals surface area (Å²) in [4.78, 5) is 3.95. The third-order valence-electron chi connectivity index (χ3n) is 3.00. The van der Waals surface area contributed by atoms with Crippen molar-refractivity contribution in [2.75, 3.05) is 11.9 Å². The number of anilines is 1. The normalized spacial score (nSPS) is 18.7. The maximum Gasteiger partial charge on any atom is 0.165 e. The molecule has 76 valence electrons. The Labute approximate surface area is 83.6 Å². The quantitative estimate of drug-likeness (QED) is 0.800. The van der Waals surface area contributed by atoms with Gasteiger partial charge in [-0.2, -0.15) is 0 Å². The van der Waals surface area contributed by atoms with Gasteiger partial charge in [-0.1, -0.05) is 13.3 Å². The van der Waals surface area contributed by atoms with Crippen molar-refractivity contribution in [3.05, 3.63) is 24.1 Å². The lowest BCUT2D eigenvalue weighted by molar-refractivity contribution is 0.179. The Hall–Kier alpha value is -1.12. The molecular weight excluding hydrogens is 179 g/mol. The van der Waals surface area contributed by atoms with E-state index in [1.165, 1.54) is 25.3 Å². The van der Waals surface area contributed by atoms with Gasteiger partial charge in [0, 0.05) is 12.7 Å². The molecule has 2 rings (SSSR count). The van der Waals surface area contributed by atoms with Gasteiger partial charge in [0.15, 0.2) is 11.6 Å². The highest BCUT2D eigenvalue weighted by Gasteiger charge is 2.31. The van der Waals surface area contributed by atoms with Crippen LogP contribution < -0.4 is 5.32 Å². The molecule has 1 fully saturated rings. The SMILES string of the molecule is CC1(CNc2ncccc2F)CCC1. The summed E-state index contributed by atoms with van der Waals surface area (Å²) in [6, 6.07) is 3.03. The zero-order chi connectivity index (χ0) is 10.0. The number of nitrogens with one attached hydrogen (secondary N) is 1. The summed E-state index contributed by atoms with van der Waals surface area (Å²) >= 11 is 0. The summed E-state index contributed by atoms with van der Waals surface area (Å²) in [6.07, 6.45) is 5.36. The van der Waals surface area contributed by atoms with Crippen molar-refractivity contribution in [3.8, 4) is 0 Å². The zero-order valence-electron chi connectivity index (χ0n) is 8.39. The van der Waals surface area contributed by atoms with Gasteiger partial charge >= 0.3 is 0 Å². The van der Waals surface area contributed by atoms with Crippen molar-refractivity contribution < 1.29 is 4.39 Å². The van der Waals surface area contributed by atoms with Gasteiger partial charge in [-0.25, -0.2) is 9.37 Å². The van der Waals surface area contributed by atoms with Crippen LogP contribution in [0.5, 0.6) is 0 Å². The fourth-order valence-electron chi connectivity index (χ4n) is 1.77. The molecule has 0 saturated heterocycles. The Morgan fingerprint density at radius 3 is 2.93 bits per heavy atom. The van der Waals surface area contributed by atoms with Crippen molar-refractivity contribution in [2.45, 2.75) is 26.2 Å².